The van der Waals surface area contributed by atoms with E-state index in [0.717, 1.165) is 24.9 Å². The van der Waals surface area contributed by atoms with Crippen LogP contribution < -0.4 is 5.32 Å². The van der Waals surface area contributed by atoms with E-state index in [1.165, 1.54) is 0 Å². The second-order valence-corrected chi connectivity index (χ2v) is 7.86. The average molecular weight is 389 g/mol. The first-order valence-electron chi connectivity index (χ1n) is 10.2. The quantitative estimate of drug-likeness (QED) is 0.857. The van der Waals surface area contributed by atoms with E-state index in [2.05, 4.69) is 12.2 Å². The SMILES string of the molecule is CC1CN(C(=O)OCC2CCN(C(=O)OCc3ccccc3)CC2)C(C)CN1. The molecule has 7 nitrogen and oxygen atoms in total. The highest BCUT2D eigenvalue weighted by Gasteiger charge is 2.29. The minimum Gasteiger partial charge on any atom is -0.449 e. The van der Waals surface area contributed by atoms with Crippen molar-refractivity contribution < 1.29 is 19.1 Å². The van der Waals surface area contributed by atoms with E-state index in [0.29, 0.717) is 32.8 Å². The highest BCUT2D eigenvalue weighted by atomic mass is 16.6. The molecule has 2 heterocycles. The standard InChI is InChI=1S/C21H31N3O4/c1-16-13-24(17(2)12-22-16)21(26)28-15-19-8-10-23(11-9-19)20(25)27-14-18-6-4-3-5-7-18/h3-7,16-17,19,22H,8-15H2,1-2H3. The maximum atomic E-state index is 12.4. The zero-order valence-electron chi connectivity index (χ0n) is 16.8. The minimum absolute atomic E-state index is 0.143. The molecule has 2 amide bonds. The Morgan fingerprint density at radius 1 is 1.07 bits per heavy atom. The number of hydrogen-bond donors (Lipinski definition) is 1. The van der Waals surface area contributed by atoms with Gasteiger partial charge in [-0.15, -0.1) is 0 Å². The number of nitrogens with zero attached hydrogens (tertiary/aromatic N) is 2. The first-order valence-corrected chi connectivity index (χ1v) is 10.2. The van der Waals surface area contributed by atoms with E-state index in [1.54, 1.807) is 9.80 Å². The summed E-state index contributed by atoms with van der Waals surface area (Å²) in [5.41, 5.74) is 0.981. The monoisotopic (exact) mass is 389 g/mol. The van der Waals surface area contributed by atoms with Crippen molar-refractivity contribution in [2.75, 3.05) is 32.8 Å². The lowest BCUT2D eigenvalue weighted by atomic mass is 9.98. The Morgan fingerprint density at radius 2 is 1.79 bits per heavy atom. The van der Waals surface area contributed by atoms with Gasteiger partial charge in [-0.2, -0.15) is 0 Å². The van der Waals surface area contributed by atoms with Gasteiger partial charge in [-0.25, -0.2) is 9.59 Å². The summed E-state index contributed by atoms with van der Waals surface area (Å²) in [4.78, 5) is 28.1. The number of rotatable bonds is 4. The van der Waals surface area contributed by atoms with Crippen LogP contribution in [0, 0.1) is 5.92 Å². The molecule has 0 bridgehead atoms. The Labute approximate surface area is 167 Å². The summed E-state index contributed by atoms with van der Waals surface area (Å²) in [6, 6.07) is 10.1. The molecule has 0 aliphatic carbocycles. The molecule has 0 saturated carbocycles. The van der Waals surface area contributed by atoms with Gasteiger partial charge in [0, 0.05) is 38.3 Å². The summed E-state index contributed by atoms with van der Waals surface area (Å²) in [6.07, 6.45) is 1.14. The van der Waals surface area contributed by atoms with Crippen molar-refractivity contribution in [3.8, 4) is 0 Å². The molecule has 7 heteroatoms. The number of likely N-dealkylation sites (tertiary alicyclic amines) is 1. The molecule has 0 aromatic heterocycles. The van der Waals surface area contributed by atoms with Crippen LogP contribution in [0.25, 0.3) is 0 Å². The Morgan fingerprint density at radius 3 is 2.50 bits per heavy atom. The van der Waals surface area contributed by atoms with E-state index >= 15 is 0 Å². The normalized spacial score (nSPS) is 23.4. The van der Waals surface area contributed by atoms with Gasteiger partial charge in [-0.1, -0.05) is 30.3 Å². The molecule has 2 atom stereocenters. The number of benzene rings is 1. The maximum Gasteiger partial charge on any atom is 0.410 e. The molecule has 28 heavy (non-hydrogen) atoms. The lowest BCUT2D eigenvalue weighted by Gasteiger charge is -2.37. The molecule has 2 aliphatic rings. The zero-order chi connectivity index (χ0) is 19.9. The van der Waals surface area contributed by atoms with Crippen LogP contribution in [-0.2, 0) is 16.1 Å². The molecule has 3 rings (SSSR count). The summed E-state index contributed by atoms with van der Waals surface area (Å²) in [7, 11) is 0. The van der Waals surface area contributed by atoms with Gasteiger partial charge in [0.1, 0.15) is 6.61 Å². The minimum atomic E-state index is -0.275. The number of piperidine rings is 1. The van der Waals surface area contributed by atoms with Crippen molar-refractivity contribution in [2.45, 2.75) is 45.4 Å². The molecule has 1 aromatic carbocycles. The largest absolute Gasteiger partial charge is 0.449 e. The van der Waals surface area contributed by atoms with E-state index in [4.69, 9.17) is 9.47 Å². The first kappa shape index (κ1) is 20.5. The van der Waals surface area contributed by atoms with Crippen molar-refractivity contribution in [3.05, 3.63) is 35.9 Å². The molecule has 0 spiro atoms. The second kappa shape index (κ2) is 9.78. The average Bonchev–Trinajstić information content (AvgIpc) is 2.73. The number of carbonyl (C=O) groups is 2. The van der Waals surface area contributed by atoms with Crippen LogP contribution >= 0.6 is 0 Å². The van der Waals surface area contributed by atoms with E-state index < -0.39 is 0 Å². The Balaban J connectivity index is 1.35. The fraction of sp³-hybridized carbons (Fsp3) is 0.619. The highest BCUT2D eigenvalue weighted by Crippen LogP contribution is 2.19. The van der Waals surface area contributed by atoms with Gasteiger partial charge >= 0.3 is 12.2 Å². The van der Waals surface area contributed by atoms with Gasteiger partial charge < -0.3 is 24.6 Å². The zero-order valence-corrected chi connectivity index (χ0v) is 16.8. The third-order valence-corrected chi connectivity index (χ3v) is 5.52. The van der Waals surface area contributed by atoms with Crippen molar-refractivity contribution in [2.24, 2.45) is 5.92 Å². The van der Waals surface area contributed by atoms with Crippen molar-refractivity contribution in [1.82, 2.24) is 15.1 Å². The van der Waals surface area contributed by atoms with Crippen LogP contribution in [0.4, 0.5) is 9.59 Å². The van der Waals surface area contributed by atoms with Crippen molar-refractivity contribution in [1.29, 1.82) is 0 Å². The van der Waals surface area contributed by atoms with Crippen LogP contribution in [0.15, 0.2) is 30.3 Å². The lowest BCUT2D eigenvalue weighted by Crippen LogP contribution is -2.56. The predicted octanol–water partition coefficient (Wildman–Crippen LogP) is 2.85. The molecular weight excluding hydrogens is 358 g/mol. The Bertz CT molecular complexity index is 646. The van der Waals surface area contributed by atoms with Gasteiger partial charge in [-0.3, -0.25) is 0 Å². The van der Waals surface area contributed by atoms with E-state index in [-0.39, 0.29) is 30.2 Å². The molecule has 154 valence electrons. The van der Waals surface area contributed by atoms with Crippen molar-refractivity contribution >= 4 is 12.2 Å². The fourth-order valence-electron chi connectivity index (χ4n) is 3.64. The third-order valence-electron chi connectivity index (χ3n) is 5.52. The summed E-state index contributed by atoms with van der Waals surface area (Å²) in [5, 5.41) is 3.36. The number of ether oxygens (including phenoxy) is 2. The van der Waals surface area contributed by atoms with Crippen molar-refractivity contribution in [3.63, 3.8) is 0 Å². The lowest BCUT2D eigenvalue weighted by molar-refractivity contribution is 0.0453. The predicted molar refractivity (Wildman–Crippen MR) is 106 cm³/mol. The summed E-state index contributed by atoms with van der Waals surface area (Å²) in [5.74, 6) is 0.290. The van der Waals surface area contributed by atoms with Crippen LogP contribution in [0.3, 0.4) is 0 Å². The van der Waals surface area contributed by atoms with Crippen LogP contribution in [0.1, 0.15) is 32.3 Å². The molecule has 1 aromatic rings. The van der Waals surface area contributed by atoms with Gasteiger partial charge in [0.2, 0.25) is 0 Å². The molecule has 2 saturated heterocycles. The highest BCUT2D eigenvalue weighted by molar-refractivity contribution is 5.68. The molecule has 0 radical (unpaired) electrons. The van der Waals surface area contributed by atoms with E-state index in [1.807, 2.05) is 37.3 Å². The molecule has 2 fully saturated rings. The van der Waals surface area contributed by atoms with Gasteiger partial charge in [0.15, 0.2) is 0 Å². The molecule has 2 unspecified atom stereocenters. The number of piperazine rings is 1. The Kier molecular flexibility index (Phi) is 7.14. The van der Waals surface area contributed by atoms with Crippen LogP contribution in [-0.4, -0.2) is 66.9 Å². The number of nitrogens with one attached hydrogen (secondary N) is 1. The number of amides is 2. The molecule has 1 N–H and O–H groups in total. The van der Waals surface area contributed by atoms with Crippen LogP contribution in [0.2, 0.25) is 0 Å². The summed E-state index contributed by atoms with van der Waals surface area (Å²) in [6.45, 7) is 7.53. The van der Waals surface area contributed by atoms with Crippen LogP contribution in [0.5, 0.6) is 0 Å². The smallest absolute Gasteiger partial charge is 0.410 e. The topological polar surface area (TPSA) is 71.1 Å². The maximum absolute atomic E-state index is 12.4. The fourth-order valence-corrected chi connectivity index (χ4v) is 3.64. The number of carbonyl (C=O) groups excluding carboxylic acids is 2. The number of hydrogen-bond acceptors (Lipinski definition) is 5. The van der Waals surface area contributed by atoms with E-state index in [9.17, 15) is 9.59 Å². The van der Waals surface area contributed by atoms with Gasteiger partial charge in [-0.05, 0) is 38.2 Å². The summed E-state index contributed by atoms with van der Waals surface area (Å²) >= 11 is 0. The summed E-state index contributed by atoms with van der Waals surface area (Å²) < 4.78 is 11.0. The molecular formula is C21H31N3O4. The first-order chi connectivity index (χ1) is 13.5. The van der Waals surface area contributed by atoms with Gasteiger partial charge in [0.25, 0.3) is 0 Å². The van der Waals surface area contributed by atoms with Gasteiger partial charge in [0.05, 0.1) is 6.61 Å². The third kappa shape index (κ3) is 5.61. The Hall–Kier alpha value is -2.28. The molecule has 2 aliphatic heterocycles. The second-order valence-electron chi connectivity index (χ2n) is 7.86.